The summed E-state index contributed by atoms with van der Waals surface area (Å²) in [7, 11) is 0. The highest BCUT2D eigenvalue weighted by Gasteiger charge is 2.14. The molecule has 0 aliphatic heterocycles. The lowest BCUT2D eigenvalue weighted by Crippen LogP contribution is -1.99. The Morgan fingerprint density at radius 1 is 1.07 bits per heavy atom. The van der Waals surface area contributed by atoms with Crippen molar-refractivity contribution < 1.29 is 0 Å². The molecular weight excluding hydrogens is 256 g/mol. The van der Waals surface area contributed by atoms with E-state index in [0.29, 0.717) is 21.6 Å². The van der Waals surface area contributed by atoms with Gasteiger partial charge in [0, 0.05) is 0 Å². The van der Waals surface area contributed by atoms with Crippen molar-refractivity contribution in [2.75, 3.05) is 0 Å². The monoisotopic (exact) mass is 261 g/mol. The standard InChI is InChI=1S/C9H6Cl3N3/c1-5-13-14-9(12)15(5)8-6(10)3-2-4-7(8)11/h2-4H,1H3. The van der Waals surface area contributed by atoms with Crippen LogP contribution < -0.4 is 0 Å². The van der Waals surface area contributed by atoms with Crippen LogP contribution >= 0.6 is 34.8 Å². The smallest absolute Gasteiger partial charge is 0.229 e. The van der Waals surface area contributed by atoms with Crippen molar-refractivity contribution in [1.82, 2.24) is 14.8 Å². The molecule has 0 amide bonds. The summed E-state index contributed by atoms with van der Waals surface area (Å²) in [4.78, 5) is 0. The second-order valence-electron chi connectivity index (χ2n) is 2.92. The van der Waals surface area contributed by atoms with Gasteiger partial charge in [-0.15, -0.1) is 10.2 Å². The van der Waals surface area contributed by atoms with Gasteiger partial charge in [0.1, 0.15) is 5.82 Å². The van der Waals surface area contributed by atoms with E-state index in [1.54, 1.807) is 29.7 Å². The molecule has 1 aromatic heterocycles. The minimum Gasteiger partial charge on any atom is -0.267 e. The van der Waals surface area contributed by atoms with E-state index in [1.807, 2.05) is 0 Å². The summed E-state index contributed by atoms with van der Waals surface area (Å²) in [6, 6.07) is 5.23. The van der Waals surface area contributed by atoms with Gasteiger partial charge < -0.3 is 0 Å². The normalized spacial score (nSPS) is 10.7. The van der Waals surface area contributed by atoms with Gasteiger partial charge in [-0.2, -0.15) is 0 Å². The van der Waals surface area contributed by atoms with Crippen LogP contribution in [-0.2, 0) is 0 Å². The van der Waals surface area contributed by atoms with Gasteiger partial charge in [-0.25, -0.2) is 0 Å². The third-order valence-electron chi connectivity index (χ3n) is 1.95. The number of aromatic nitrogens is 3. The predicted molar refractivity (Wildman–Crippen MR) is 61.1 cm³/mol. The Morgan fingerprint density at radius 3 is 2.13 bits per heavy atom. The zero-order valence-corrected chi connectivity index (χ0v) is 9.98. The topological polar surface area (TPSA) is 30.7 Å². The Balaban J connectivity index is 2.74. The molecule has 1 aromatic carbocycles. The van der Waals surface area contributed by atoms with E-state index in [-0.39, 0.29) is 5.28 Å². The van der Waals surface area contributed by atoms with E-state index in [0.717, 1.165) is 0 Å². The summed E-state index contributed by atoms with van der Waals surface area (Å²) in [5.41, 5.74) is 0.605. The fraction of sp³-hybridized carbons (Fsp3) is 0.111. The maximum atomic E-state index is 6.05. The number of benzene rings is 1. The lowest BCUT2D eigenvalue weighted by Gasteiger charge is -2.09. The number of rotatable bonds is 1. The van der Waals surface area contributed by atoms with E-state index in [1.165, 1.54) is 0 Å². The maximum Gasteiger partial charge on any atom is 0.229 e. The summed E-state index contributed by atoms with van der Waals surface area (Å²) < 4.78 is 1.60. The zero-order chi connectivity index (χ0) is 11.0. The molecule has 0 saturated heterocycles. The molecule has 0 N–H and O–H groups in total. The highest BCUT2D eigenvalue weighted by molar-refractivity contribution is 6.38. The second-order valence-corrected chi connectivity index (χ2v) is 4.07. The quantitative estimate of drug-likeness (QED) is 0.787. The fourth-order valence-electron chi connectivity index (χ4n) is 1.29. The van der Waals surface area contributed by atoms with Crippen LogP contribution in [0.4, 0.5) is 0 Å². The first-order valence-electron chi connectivity index (χ1n) is 4.13. The van der Waals surface area contributed by atoms with Gasteiger partial charge in [-0.3, -0.25) is 4.57 Å². The molecule has 2 aromatic rings. The van der Waals surface area contributed by atoms with Crippen LogP contribution in [0.3, 0.4) is 0 Å². The second kappa shape index (κ2) is 4.00. The highest BCUT2D eigenvalue weighted by atomic mass is 35.5. The first-order valence-corrected chi connectivity index (χ1v) is 5.26. The summed E-state index contributed by atoms with van der Waals surface area (Å²) in [6.45, 7) is 1.78. The number of para-hydroxylation sites is 1. The van der Waals surface area contributed by atoms with Gasteiger partial charge >= 0.3 is 0 Å². The van der Waals surface area contributed by atoms with Gasteiger partial charge in [0.05, 0.1) is 15.7 Å². The van der Waals surface area contributed by atoms with Crippen molar-refractivity contribution >= 4 is 34.8 Å². The summed E-state index contributed by atoms with van der Waals surface area (Å²) in [5, 5.41) is 8.83. The Morgan fingerprint density at radius 2 is 1.67 bits per heavy atom. The number of nitrogens with zero attached hydrogens (tertiary/aromatic N) is 3. The maximum absolute atomic E-state index is 6.05. The van der Waals surface area contributed by atoms with Crippen molar-refractivity contribution in [3.8, 4) is 5.69 Å². The Labute approximate surface area is 102 Å². The Bertz CT molecular complexity index is 468. The van der Waals surface area contributed by atoms with Crippen LogP contribution in [0.5, 0.6) is 0 Å². The van der Waals surface area contributed by atoms with Crippen LogP contribution in [0.1, 0.15) is 5.82 Å². The van der Waals surface area contributed by atoms with Gasteiger partial charge in [-0.1, -0.05) is 29.3 Å². The van der Waals surface area contributed by atoms with Gasteiger partial charge in [-0.05, 0) is 30.7 Å². The van der Waals surface area contributed by atoms with Crippen LogP contribution in [0.2, 0.25) is 15.3 Å². The predicted octanol–water partition coefficient (Wildman–Crippen LogP) is 3.54. The molecule has 0 fully saturated rings. The van der Waals surface area contributed by atoms with Crippen molar-refractivity contribution in [2.45, 2.75) is 6.92 Å². The molecule has 0 spiro atoms. The SMILES string of the molecule is Cc1nnc(Cl)n1-c1c(Cl)cccc1Cl. The minimum atomic E-state index is 0.238. The van der Waals surface area contributed by atoms with Gasteiger partial charge in [0.15, 0.2) is 0 Å². The molecule has 2 rings (SSSR count). The number of halogens is 3. The third-order valence-corrected chi connectivity index (χ3v) is 2.80. The molecule has 1 heterocycles. The van der Waals surface area contributed by atoms with Crippen molar-refractivity contribution in [3.63, 3.8) is 0 Å². The highest BCUT2D eigenvalue weighted by Crippen LogP contribution is 2.30. The van der Waals surface area contributed by atoms with E-state index in [2.05, 4.69) is 10.2 Å². The van der Waals surface area contributed by atoms with Crippen molar-refractivity contribution in [2.24, 2.45) is 0 Å². The van der Waals surface area contributed by atoms with E-state index < -0.39 is 0 Å². The van der Waals surface area contributed by atoms with Gasteiger partial charge in [0.25, 0.3) is 0 Å². The fourth-order valence-corrected chi connectivity index (χ4v) is 2.10. The molecule has 15 heavy (non-hydrogen) atoms. The Kier molecular flexibility index (Phi) is 2.87. The van der Waals surface area contributed by atoms with E-state index in [4.69, 9.17) is 34.8 Å². The molecule has 3 nitrogen and oxygen atoms in total. The summed E-state index contributed by atoms with van der Waals surface area (Å²) >= 11 is 18.0. The minimum absolute atomic E-state index is 0.238. The Hall–Kier alpha value is -0.770. The lowest BCUT2D eigenvalue weighted by molar-refractivity contribution is 0.970. The largest absolute Gasteiger partial charge is 0.267 e. The van der Waals surface area contributed by atoms with Crippen LogP contribution in [0, 0.1) is 6.92 Å². The molecule has 0 saturated carbocycles. The van der Waals surface area contributed by atoms with Crippen molar-refractivity contribution in [3.05, 3.63) is 39.4 Å². The molecule has 0 unspecified atom stereocenters. The van der Waals surface area contributed by atoms with E-state index in [9.17, 15) is 0 Å². The summed E-state index contributed by atoms with van der Waals surface area (Å²) in [6.07, 6.45) is 0. The molecule has 78 valence electrons. The molecule has 0 atom stereocenters. The third kappa shape index (κ3) is 1.83. The van der Waals surface area contributed by atoms with Crippen LogP contribution in [0.25, 0.3) is 5.69 Å². The summed E-state index contributed by atoms with van der Waals surface area (Å²) in [5.74, 6) is 0.634. The molecule has 0 aliphatic carbocycles. The number of hydrogen-bond donors (Lipinski definition) is 0. The van der Waals surface area contributed by atoms with Crippen LogP contribution in [-0.4, -0.2) is 14.8 Å². The molecule has 6 heteroatoms. The average Bonchev–Trinajstić information content (AvgIpc) is 2.49. The lowest BCUT2D eigenvalue weighted by atomic mass is 10.3. The van der Waals surface area contributed by atoms with Gasteiger partial charge in [0.2, 0.25) is 5.28 Å². The molecular formula is C9H6Cl3N3. The average molecular weight is 263 g/mol. The van der Waals surface area contributed by atoms with Crippen molar-refractivity contribution in [1.29, 1.82) is 0 Å². The first-order chi connectivity index (χ1) is 7.11. The molecule has 0 radical (unpaired) electrons. The molecule has 0 bridgehead atoms. The first kappa shape index (κ1) is 10.7. The zero-order valence-electron chi connectivity index (χ0n) is 7.71. The number of aryl methyl sites for hydroxylation is 1. The molecule has 0 aliphatic rings. The van der Waals surface area contributed by atoms with Crippen LogP contribution in [0.15, 0.2) is 18.2 Å². The van der Waals surface area contributed by atoms with E-state index >= 15 is 0 Å². The number of hydrogen-bond acceptors (Lipinski definition) is 2.